The Labute approximate surface area is 154 Å². The Hall–Kier alpha value is 0.400. The van der Waals surface area contributed by atoms with Crippen LogP contribution < -0.4 is 0 Å². The first-order valence-corrected chi connectivity index (χ1v) is 11.5. The molecular formula is C18H38ClO4P. The third-order valence-corrected chi connectivity index (χ3v) is 6.02. The van der Waals surface area contributed by atoms with Gasteiger partial charge in [-0.3, -0.25) is 13.6 Å². The predicted molar refractivity (Wildman–Crippen MR) is 103 cm³/mol. The van der Waals surface area contributed by atoms with E-state index in [4.69, 9.17) is 25.2 Å². The van der Waals surface area contributed by atoms with E-state index in [-0.39, 0.29) is 0 Å². The van der Waals surface area contributed by atoms with Crippen molar-refractivity contribution in [3.05, 3.63) is 0 Å². The highest BCUT2D eigenvalue weighted by Crippen LogP contribution is 2.52. The summed E-state index contributed by atoms with van der Waals surface area (Å²) < 4.78 is 29.4. The van der Waals surface area contributed by atoms with Crippen molar-refractivity contribution >= 4 is 19.4 Å². The zero-order valence-electron chi connectivity index (χ0n) is 16.3. The fourth-order valence-electron chi connectivity index (χ4n) is 2.47. The van der Waals surface area contributed by atoms with Crippen molar-refractivity contribution in [3.63, 3.8) is 0 Å². The zero-order valence-corrected chi connectivity index (χ0v) is 17.9. The lowest BCUT2D eigenvalue weighted by molar-refractivity contribution is 0.0800. The van der Waals surface area contributed by atoms with Gasteiger partial charge in [-0.25, -0.2) is 4.57 Å². The third-order valence-electron chi connectivity index (χ3n) is 4.30. The van der Waals surface area contributed by atoms with Crippen LogP contribution in [0.25, 0.3) is 0 Å². The number of phosphoric ester groups is 1. The number of unbranched alkanes of at least 4 members (excludes halogenated alkanes) is 2. The third kappa shape index (κ3) is 11.9. The molecule has 0 radical (unpaired) electrons. The lowest BCUT2D eigenvalue weighted by atomic mass is 10.0. The van der Waals surface area contributed by atoms with E-state index in [0.29, 0.717) is 25.0 Å². The van der Waals surface area contributed by atoms with Crippen LogP contribution in [0, 0.1) is 11.8 Å². The summed E-state index contributed by atoms with van der Waals surface area (Å²) in [7, 11) is -3.61. The molecule has 0 fully saturated rings. The van der Waals surface area contributed by atoms with Crippen LogP contribution in [0.2, 0.25) is 0 Å². The SMILES string of the molecule is CCCCC(CC)COP(=O)(OCC(CC)CCCC)OC(C)Cl. The van der Waals surface area contributed by atoms with Crippen molar-refractivity contribution in [2.75, 3.05) is 13.2 Å². The summed E-state index contributed by atoms with van der Waals surface area (Å²) in [5, 5.41) is 0. The van der Waals surface area contributed by atoms with Gasteiger partial charge in [0.05, 0.1) is 13.2 Å². The van der Waals surface area contributed by atoms with Crippen molar-refractivity contribution in [2.24, 2.45) is 11.8 Å². The Morgan fingerprint density at radius 1 is 0.875 bits per heavy atom. The Morgan fingerprint density at radius 3 is 1.58 bits per heavy atom. The van der Waals surface area contributed by atoms with Crippen LogP contribution in [-0.4, -0.2) is 18.8 Å². The van der Waals surface area contributed by atoms with Crippen molar-refractivity contribution in [1.82, 2.24) is 0 Å². The fraction of sp³-hybridized carbons (Fsp3) is 1.00. The minimum Gasteiger partial charge on any atom is -0.287 e. The van der Waals surface area contributed by atoms with Gasteiger partial charge in [-0.2, -0.15) is 0 Å². The summed E-state index contributed by atoms with van der Waals surface area (Å²) in [6.45, 7) is 11.0. The van der Waals surface area contributed by atoms with Gasteiger partial charge in [0.1, 0.15) is 5.56 Å². The predicted octanol–water partition coefficient (Wildman–Crippen LogP) is 7.16. The molecule has 0 rings (SSSR count). The van der Waals surface area contributed by atoms with Crippen molar-refractivity contribution in [3.8, 4) is 0 Å². The van der Waals surface area contributed by atoms with E-state index in [9.17, 15) is 4.57 Å². The van der Waals surface area contributed by atoms with Gasteiger partial charge in [-0.1, -0.05) is 77.8 Å². The molecule has 0 aliphatic carbocycles. The molecule has 3 atom stereocenters. The molecule has 0 heterocycles. The lowest BCUT2D eigenvalue weighted by Gasteiger charge is -2.24. The second-order valence-electron chi connectivity index (χ2n) is 6.52. The van der Waals surface area contributed by atoms with Crippen LogP contribution in [0.3, 0.4) is 0 Å². The normalized spacial score (nSPS) is 18.1. The summed E-state index contributed by atoms with van der Waals surface area (Å²) >= 11 is 5.87. The minimum absolute atomic E-state index is 0.373. The molecule has 0 aliphatic heterocycles. The number of rotatable bonds is 16. The molecule has 0 saturated carbocycles. The van der Waals surface area contributed by atoms with Crippen molar-refractivity contribution < 1.29 is 18.1 Å². The Balaban J connectivity index is 4.60. The van der Waals surface area contributed by atoms with Gasteiger partial charge in [0.15, 0.2) is 0 Å². The van der Waals surface area contributed by atoms with Crippen LogP contribution in [0.4, 0.5) is 0 Å². The van der Waals surface area contributed by atoms with E-state index >= 15 is 0 Å². The summed E-state index contributed by atoms with van der Waals surface area (Å²) in [4.78, 5) is 0. The molecule has 6 heteroatoms. The monoisotopic (exact) mass is 384 g/mol. The fourth-order valence-corrected chi connectivity index (χ4v) is 4.10. The average molecular weight is 385 g/mol. The molecule has 3 unspecified atom stereocenters. The van der Waals surface area contributed by atoms with Gasteiger partial charge >= 0.3 is 7.82 Å². The van der Waals surface area contributed by atoms with Crippen LogP contribution in [0.5, 0.6) is 0 Å². The van der Waals surface area contributed by atoms with Gasteiger partial charge in [-0.05, 0) is 31.6 Å². The zero-order chi connectivity index (χ0) is 18.4. The Bertz CT molecular complexity index is 315. The van der Waals surface area contributed by atoms with Crippen LogP contribution in [-0.2, 0) is 18.1 Å². The number of hydrogen-bond acceptors (Lipinski definition) is 4. The molecule has 0 aliphatic rings. The van der Waals surface area contributed by atoms with E-state index in [0.717, 1.165) is 51.4 Å². The van der Waals surface area contributed by atoms with E-state index in [1.165, 1.54) is 0 Å². The molecule has 0 aromatic heterocycles. The molecule has 0 bridgehead atoms. The van der Waals surface area contributed by atoms with Gasteiger partial charge < -0.3 is 0 Å². The van der Waals surface area contributed by atoms with Gasteiger partial charge in [0.2, 0.25) is 0 Å². The lowest BCUT2D eigenvalue weighted by Crippen LogP contribution is -2.14. The maximum absolute atomic E-state index is 12.9. The summed E-state index contributed by atoms with van der Waals surface area (Å²) in [5.74, 6) is 0.747. The second kappa shape index (κ2) is 14.6. The van der Waals surface area contributed by atoms with Crippen LogP contribution in [0.15, 0.2) is 0 Å². The summed E-state index contributed by atoms with van der Waals surface area (Å²) in [5.41, 5.74) is -0.706. The molecule has 4 nitrogen and oxygen atoms in total. The first-order valence-electron chi connectivity index (χ1n) is 9.62. The number of halogens is 1. The molecular weight excluding hydrogens is 347 g/mol. The molecule has 0 aromatic carbocycles. The van der Waals surface area contributed by atoms with Crippen LogP contribution >= 0.6 is 19.4 Å². The summed E-state index contributed by atoms with van der Waals surface area (Å²) in [6, 6.07) is 0. The molecule has 24 heavy (non-hydrogen) atoms. The summed E-state index contributed by atoms with van der Waals surface area (Å²) in [6.07, 6.45) is 8.71. The number of hydrogen-bond donors (Lipinski definition) is 0. The molecule has 0 spiro atoms. The molecule has 146 valence electrons. The maximum atomic E-state index is 12.9. The highest BCUT2D eigenvalue weighted by Gasteiger charge is 2.31. The second-order valence-corrected chi connectivity index (χ2v) is 8.76. The van der Waals surface area contributed by atoms with E-state index in [1.54, 1.807) is 6.92 Å². The highest BCUT2D eigenvalue weighted by atomic mass is 35.5. The topological polar surface area (TPSA) is 44.8 Å². The first-order chi connectivity index (χ1) is 11.4. The van der Waals surface area contributed by atoms with Gasteiger partial charge in [0.25, 0.3) is 0 Å². The molecule has 0 saturated heterocycles. The Morgan fingerprint density at radius 2 is 1.29 bits per heavy atom. The highest BCUT2D eigenvalue weighted by molar-refractivity contribution is 7.48. The van der Waals surface area contributed by atoms with Crippen molar-refractivity contribution in [1.29, 1.82) is 0 Å². The number of phosphoric acid groups is 1. The quantitative estimate of drug-likeness (QED) is 0.209. The largest absolute Gasteiger partial charge is 0.476 e. The molecule has 0 amide bonds. The van der Waals surface area contributed by atoms with Gasteiger partial charge in [0, 0.05) is 0 Å². The van der Waals surface area contributed by atoms with E-state index in [1.807, 2.05) is 0 Å². The smallest absolute Gasteiger partial charge is 0.287 e. The van der Waals surface area contributed by atoms with Crippen molar-refractivity contribution in [2.45, 2.75) is 91.5 Å². The standard InChI is InChI=1S/C18H38ClO4P/c1-6-10-12-17(8-3)14-21-24(20,23-16(5)19)22-15-18(9-4)13-11-7-2/h16-18H,6-15H2,1-5H3. The van der Waals surface area contributed by atoms with Crippen LogP contribution in [0.1, 0.15) is 86.0 Å². The maximum Gasteiger partial charge on any atom is 0.476 e. The molecule has 0 N–H and O–H groups in total. The number of alkyl halides is 1. The van der Waals surface area contributed by atoms with Gasteiger partial charge in [-0.15, -0.1) is 0 Å². The average Bonchev–Trinajstić information content (AvgIpc) is 2.54. The molecule has 0 aromatic rings. The minimum atomic E-state index is -3.61. The van der Waals surface area contributed by atoms with E-state index < -0.39 is 13.4 Å². The first kappa shape index (κ1) is 24.4. The Kier molecular flexibility index (Phi) is 14.8. The van der Waals surface area contributed by atoms with E-state index in [2.05, 4.69) is 27.7 Å².